The van der Waals surface area contributed by atoms with E-state index in [2.05, 4.69) is 21.4 Å². The summed E-state index contributed by atoms with van der Waals surface area (Å²) in [6.07, 6.45) is 0. The van der Waals surface area contributed by atoms with E-state index in [1.807, 2.05) is 13.0 Å². The molecule has 0 heterocycles. The number of benzene rings is 1. The van der Waals surface area contributed by atoms with Crippen molar-refractivity contribution in [3.8, 4) is 5.75 Å². The second-order valence-electron chi connectivity index (χ2n) is 3.75. The topological polar surface area (TPSA) is 41.6 Å². The van der Waals surface area contributed by atoms with Crippen molar-refractivity contribution in [1.82, 2.24) is 10.4 Å². The van der Waals surface area contributed by atoms with Crippen LogP contribution in [0.15, 0.2) is 16.6 Å². The van der Waals surface area contributed by atoms with Crippen LogP contribution in [0.1, 0.15) is 5.56 Å². The Morgan fingerprint density at radius 1 is 1.53 bits per heavy atom. The summed E-state index contributed by atoms with van der Waals surface area (Å²) >= 11 is 9.36. The summed E-state index contributed by atoms with van der Waals surface area (Å²) < 4.78 is 6.27. The molecule has 0 spiro atoms. The van der Waals surface area contributed by atoms with Crippen molar-refractivity contribution in [3.05, 3.63) is 27.2 Å². The number of nitrogens with zero attached hydrogens (tertiary/aromatic N) is 1. The van der Waals surface area contributed by atoms with Crippen LogP contribution >= 0.6 is 27.5 Å². The predicted molar refractivity (Wildman–Crippen MR) is 71.2 cm³/mol. The summed E-state index contributed by atoms with van der Waals surface area (Å²) in [5, 5.41) is 2.04. The number of carbonyl (C=O) groups excluding carboxylic acids is 1. The Labute approximate surface area is 114 Å². The number of hydrogen-bond donors (Lipinski definition) is 1. The molecule has 1 rings (SSSR count). The van der Waals surface area contributed by atoms with Crippen molar-refractivity contribution in [3.63, 3.8) is 0 Å². The fraction of sp³-hybridized carbons (Fsp3) is 0.364. The minimum atomic E-state index is -0.228. The molecule has 4 nitrogen and oxygen atoms in total. The second-order valence-corrected chi connectivity index (χ2v) is 5.07. The molecule has 0 unspecified atom stereocenters. The van der Waals surface area contributed by atoms with E-state index >= 15 is 0 Å². The maximum absolute atomic E-state index is 11.4. The van der Waals surface area contributed by atoms with Gasteiger partial charge >= 0.3 is 0 Å². The van der Waals surface area contributed by atoms with Gasteiger partial charge in [-0.3, -0.25) is 10.2 Å². The van der Waals surface area contributed by atoms with Gasteiger partial charge in [-0.15, -0.1) is 0 Å². The van der Waals surface area contributed by atoms with Gasteiger partial charge < -0.3 is 4.74 Å². The number of carbonyl (C=O) groups is 1. The van der Waals surface area contributed by atoms with Gasteiger partial charge in [-0.1, -0.05) is 27.5 Å². The zero-order valence-corrected chi connectivity index (χ0v) is 12.2. The number of halogens is 2. The summed E-state index contributed by atoms with van der Waals surface area (Å²) in [5.74, 6) is 0.303. The maximum Gasteiger partial charge on any atom is 0.272 e. The highest BCUT2D eigenvalue weighted by Gasteiger charge is 2.10. The van der Waals surface area contributed by atoms with Crippen LogP contribution in [0.2, 0.25) is 5.02 Å². The lowest BCUT2D eigenvalue weighted by atomic mass is 10.2. The average molecular weight is 322 g/mol. The SMILES string of the molecule is Cc1cc(Br)cc(Cl)c1OCC(=O)NN(C)C. The third-order valence-electron chi connectivity index (χ3n) is 1.89. The van der Waals surface area contributed by atoms with Crippen molar-refractivity contribution in [2.24, 2.45) is 0 Å². The number of amides is 1. The number of hydrogen-bond acceptors (Lipinski definition) is 3. The fourth-order valence-electron chi connectivity index (χ4n) is 1.29. The van der Waals surface area contributed by atoms with E-state index in [-0.39, 0.29) is 12.5 Å². The van der Waals surface area contributed by atoms with Gasteiger partial charge in [-0.05, 0) is 24.6 Å². The standard InChI is InChI=1S/C11H14BrClN2O2/c1-7-4-8(12)5-9(13)11(7)17-6-10(16)14-15(2)3/h4-5H,6H2,1-3H3,(H,14,16). The first-order valence-electron chi connectivity index (χ1n) is 4.95. The van der Waals surface area contributed by atoms with Gasteiger partial charge in [0.25, 0.3) is 5.91 Å². The van der Waals surface area contributed by atoms with E-state index in [0.29, 0.717) is 10.8 Å². The number of aryl methyl sites for hydroxylation is 1. The predicted octanol–water partition coefficient (Wildman–Crippen LogP) is 2.38. The zero-order valence-electron chi connectivity index (χ0n) is 9.88. The van der Waals surface area contributed by atoms with Crippen molar-refractivity contribution in [2.75, 3.05) is 20.7 Å². The van der Waals surface area contributed by atoms with E-state index < -0.39 is 0 Å². The monoisotopic (exact) mass is 320 g/mol. The summed E-state index contributed by atoms with van der Waals surface area (Å²) in [6.45, 7) is 1.80. The molecule has 17 heavy (non-hydrogen) atoms. The van der Waals surface area contributed by atoms with E-state index in [0.717, 1.165) is 10.0 Å². The largest absolute Gasteiger partial charge is 0.482 e. The van der Waals surface area contributed by atoms with Gasteiger partial charge in [0.15, 0.2) is 6.61 Å². The lowest BCUT2D eigenvalue weighted by molar-refractivity contribution is -0.126. The second kappa shape index (κ2) is 6.23. The summed E-state index contributed by atoms with van der Waals surface area (Å²) in [6, 6.07) is 3.61. The molecule has 1 N–H and O–H groups in total. The highest BCUT2D eigenvalue weighted by molar-refractivity contribution is 9.10. The molecule has 0 aliphatic rings. The van der Waals surface area contributed by atoms with E-state index in [1.165, 1.54) is 0 Å². The first-order chi connectivity index (χ1) is 7.90. The summed E-state index contributed by atoms with van der Waals surface area (Å²) in [4.78, 5) is 11.4. The van der Waals surface area contributed by atoms with Crippen LogP contribution in [-0.2, 0) is 4.79 Å². The molecule has 1 amide bonds. The molecule has 0 saturated heterocycles. The molecule has 0 aliphatic heterocycles. The van der Waals surface area contributed by atoms with Gasteiger partial charge in [-0.2, -0.15) is 0 Å². The van der Waals surface area contributed by atoms with Crippen molar-refractivity contribution in [1.29, 1.82) is 0 Å². The summed E-state index contributed by atoms with van der Waals surface area (Å²) in [7, 11) is 3.46. The number of ether oxygens (including phenoxy) is 1. The highest BCUT2D eigenvalue weighted by Crippen LogP contribution is 2.31. The molecule has 0 atom stereocenters. The van der Waals surface area contributed by atoms with E-state index in [1.54, 1.807) is 25.2 Å². The van der Waals surface area contributed by atoms with Gasteiger partial charge in [-0.25, -0.2) is 5.01 Å². The smallest absolute Gasteiger partial charge is 0.272 e. The Bertz CT molecular complexity index is 401. The lowest BCUT2D eigenvalue weighted by Crippen LogP contribution is -2.39. The minimum absolute atomic E-state index is 0.0691. The zero-order chi connectivity index (χ0) is 13.0. The maximum atomic E-state index is 11.4. The van der Waals surface area contributed by atoms with Gasteiger partial charge in [0.1, 0.15) is 5.75 Å². The minimum Gasteiger partial charge on any atom is -0.482 e. The van der Waals surface area contributed by atoms with Crippen LogP contribution in [0.3, 0.4) is 0 Å². The molecular weight excluding hydrogens is 307 g/mol. The Morgan fingerprint density at radius 3 is 2.71 bits per heavy atom. The number of rotatable bonds is 4. The van der Waals surface area contributed by atoms with Crippen LogP contribution in [-0.4, -0.2) is 31.6 Å². The number of nitrogens with one attached hydrogen (secondary N) is 1. The Balaban J connectivity index is 2.67. The van der Waals surface area contributed by atoms with Crippen molar-refractivity contribution in [2.45, 2.75) is 6.92 Å². The Hall–Kier alpha value is -0.780. The molecule has 1 aromatic rings. The molecule has 0 radical (unpaired) electrons. The first kappa shape index (κ1) is 14.3. The molecule has 0 aliphatic carbocycles. The third kappa shape index (κ3) is 4.53. The molecule has 6 heteroatoms. The Morgan fingerprint density at radius 2 is 2.18 bits per heavy atom. The fourth-order valence-corrected chi connectivity index (χ4v) is 2.32. The van der Waals surface area contributed by atoms with Crippen molar-refractivity contribution < 1.29 is 9.53 Å². The quantitative estimate of drug-likeness (QED) is 0.866. The van der Waals surface area contributed by atoms with Crippen LogP contribution in [0, 0.1) is 6.92 Å². The van der Waals surface area contributed by atoms with Crippen LogP contribution in [0.5, 0.6) is 5.75 Å². The highest BCUT2D eigenvalue weighted by atomic mass is 79.9. The van der Waals surface area contributed by atoms with Crippen molar-refractivity contribution >= 4 is 33.4 Å². The third-order valence-corrected chi connectivity index (χ3v) is 2.63. The molecule has 0 saturated carbocycles. The van der Waals surface area contributed by atoms with E-state index in [9.17, 15) is 4.79 Å². The molecule has 0 bridgehead atoms. The molecule has 0 fully saturated rings. The molecular formula is C11H14BrClN2O2. The number of hydrazine groups is 1. The van der Waals surface area contributed by atoms with Crippen LogP contribution < -0.4 is 10.2 Å². The molecule has 94 valence electrons. The van der Waals surface area contributed by atoms with E-state index in [4.69, 9.17) is 16.3 Å². The first-order valence-corrected chi connectivity index (χ1v) is 6.12. The average Bonchev–Trinajstić information content (AvgIpc) is 2.14. The van der Waals surface area contributed by atoms with Gasteiger partial charge in [0.2, 0.25) is 0 Å². The van der Waals surface area contributed by atoms with Crippen LogP contribution in [0.25, 0.3) is 0 Å². The van der Waals surface area contributed by atoms with Crippen LogP contribution in [0.4, 0.5) is 0 Å². The summed E-state index contributed by atoms with van der Waals surface area (Å²) in [5.41, 5.74) is 3.46. The molecule has 1 aromatic carbocycles. The normalized spacial score (nSPS) is 10.5. The lowest BCUT2D eigenvalue weighted by Gasteiger charge is -2.14. The molecule has 0 aromatic heterocycles. The Kier molecular flexibility index (Phi) is 5.24. The van der Waals surface area contributed by atoms with Gasteiger partial charge in [0.05, 0.1) is 5.02 Å². The van der Waals surface area contributed by atoms with Gasteiger partial charge in [0, 0.05) is 18.6 Å².